The number of halogens is 1. The first-order valence-corrected chi connectivity index (χ1v) is 8.74. The first-order valence-electron chi connectivity index (χ1n) is 8.36. The Hall–Kier alpha value is -2.79. The van der Waals surface area contributed by atoms with Gasteiger partial charge in [0.1, 0.15) is 5.75 Å². The quantitative estimate of drug-likeness (QED) is 0.654. The van der Waals surface area contributed by atoms with Gasteiger partial charge in [0.25, 0.3) is 5.91 Å². The van der Waals surface area contributed by atoms with E-state index in [4.69, 9.17) is 16.3 Å². The monoisotopic (exact) mass is 369 g/mol. The maximum Gasteiger partial charge on any atom is 0.274 e. The summed E-state index contributed by atoms with van der Waals surface area (Å²) in [7, 11) is 1.75. The van der Waals surface area contributed by atoms with E-state index in [1.807, 2.05) is 43.3 Å². The van der Waals surface area contributed by atoms with Gasteiger partial charge in [-0.25, -0.2) is 4.68 Å². The molecule has 0 saturated heterocycles. The Balaban J connectivity index is 1.75. The molecule has 0 atom stereocenters. The molecule has 0 radical (unpaired) electrons. The topological polar surface area (TPSA) is 47.4 Å². The highest BCUT2D eigenvalue weighted by Crippen LogP contribution is 2.20. The van der Waals surface area contributed by atoms with Crippen LogP contribution < -0.4 is 4.74 Å². The first kappa shape index (κ1) is 18.0. The number of amides is 1. The van der Waals surface area contributed by atoms with Crippen LogP contribution in [-0.4, -0.2) is 34.2 Å². The van der Waals surface area contributed by atoms with Crippen molar-refractivity contribution in [3.63, 3.8) is 0 Å². The van der Waals surface area contributed by atoms with Gasteiger partial charge in [-0.2, -0.15) is 5.10 Å². The second kappa shape index (κ2) is 8.06. The summed E-state index contributed by atoms with van der Waals surface area (Å²) in [5, 5.41) is 5.00. The SMILES string of the molecule is CCOc1ccccc1CN(C)C(=O)c1ccn(-c2cccc(Cl)c2)n1. The minimum absolute atomic E-state index is 0.155. The van der Waals surface area contributed by atoms with E-state index in [1.54, 1.807) is 41.0 Å². The second-order valence-electron chi connectivity index (χ2n) is 5.83. The van der Waals surface area contributed by atoms with E-state index in [-0.39, 0.29) is 5.91 Å². The van der Waals surface area contributed by atoms with Crippen molar-refractivity contribution in [2.75, 3.05) is 13.7 Å². The third kappa shape index (κ3) is 4.06. The van der Waals surface area contributed by atoms with Gasteiger partial charge in [0, 0.05) is 30.4 Å². The molecule has 1 aromatic heterocycles. The average molecular weight is 370 g/mol. The van der Waals surface area contributed by atoms with Gasteiger partial charge >= 0.3 is 0 Å². The molecule has 134 valence electrons. The second-order valence-corrected chi connectivity index (χ2v) is 6.26. The predicted octanol–water partition coefficient (Wildman–Crippen LogP) is 4.20. The average Bonchev–Trinajstić information content (AvgIpc) is 3.13. The zero-order chi connectivity index (χ0) is 18.5. The molecular formula is C20H20ClN3O2. The van der Waals surface area contributed by atoms with Gasteiger partial charge in [-0.15, -0.1) is 0 Å². The molecule has 1 amide bonds. The highest BCUT2D eigenvalue weighted by molar-refractivity contribution is 6.30. The lowest BCUT2D eigenvalue weighted by molar-refractivity contribution is 0.0777. The molecule has 1 heterocycles. The Morgan fingerprint density at radius 1 is 1.19 bits per heavy atom. The maximum atomic E-state index is 12.7. The van der Waals surface area contributed by atoms with E-state index < -0.39 is 0 Å². The van der Waals surface area contributed by atoms with Crippen LogP contribution in [0.1, 0.15) is 23.0 Å². The van der Waals surface area contributed by atoms with E-state index in [0.29, 0.717) is 23.9 Å². The number of carbonyl (C=O) groups excluding carboxylic acids is 1. The van der Waals surface area contributed by atoms with Crippen LogP contribution in [-0.2, 0) is 6.54 Å². The number of ether oxygens (including phenoxy) is 1. The summed E-state index contributed by atoms with van der Waals surface area (Å²) in [5.74, 6) is 0.635. The number of rotatable bonds is 6. The van der Waals surface area contributed by atoms with Crippen molar-refractivity contribution in [2.24, 2.45) is 0 Å². The molecule has 2 aromatic carbocycles. The summed E-state index contributed by atoms with van der Waals surface area (Å²) in [5.41, 5.74) is 2.14. The van der Waals surface area contributed by atoms with Crippen molar-refractivity contribution >= 4 is 17.5 Å². The minimum Gasteiger partial charge on any atom is -0.494 e. The summed E-state index contributed by atoms with van der Waals surface area (Å²) < 4.78 is 7.27. The molecule has 26 heavy (non-hydrogen) atoms. The molecular weight excluding hydrogens is 350 g/mol. The number of benzene rings is 2. The third-order valence-electron chi connectivity index (χ3n) is 3.91. The van der Waals surface area contributed by atoms with Crippen LogP contribution in [0.15, 0.2) is 60.8 Å². The largest absolute Gasteiger partial charge is 0.494 e. The summed E-state index contributed by atoms with van der Waals surface area (Å²) in [6.45, 7) is 2.96. The standard InChI is InChI=1S/C20H20ClN3O2/c1-3-26-19-10-5-4-7-15(19)14-23(2)20(25)18-11-12-24(22-18)17-9-6-8-16(21)13-17/h4-13H,3,14H2,1-2H3. The summed E-state index contributed by atoms with van der Waals surface area (Å²) in [6.07, 6.45) is 1.75. The van der Waals surface area contributed by atoms with E-state index >= 15 is 0 Å². The zero-order valence-corrected chi connectivity index (χ0v) is 15.5. The van der Waals surface area contributed by atoms with Crippen molar-refractivity contribution < 1.29 is 9.53 Å². The molecule has 5 nitrogen and oxygen atoms in total. The van der Waals surface area contributed by atoms with Crippen molar-refractivity contribution in [2.45, 2.75) is 13.5 Å². The lowest BCUT2D eigenvalue weighted by Crippen LogP contribution is -2.27. The highest BCUT2D eigenvalue weighted by Gasteiger charge is 2.17. The molecule has 0 N–H and O–H groups in total. The molecule has 0 fully saturated rings. The normalized spacial score (nSPS) is 10.6. The van der Waals surface area contributed by atoms with Gasteiger partial charge in [-0.1, -0.05) is 35.9 Å². The molecule has 0 spiro atoms. The molecule has 0 aliphatic carbocycles. The van der Waals surface area contributed by atoms with Crippen molar-refractivity contribution in [1.29, 1.82) is 0 Å². The van der Waals surface area contributed by atoms with E-state index in [2.05, 4.69) is 5.10 Å². The van der Waals surface area contributed by atoms with Gasteiger partial charge in [0.15, 0.2) is 5.69 Å². The van der Waals surface area contributed by atoms with Crippen LogP contribution >= 0.6 is 11.6 Å². The molecule has 0 bridgehead atoms. The fourth-order valence-electron chi connectivity index (χ4n) is 2.65. The zero-order valence-electron chi connectivity index (χ0n) is 14.7. The van der Waals surface area contributed by atoms with E-state index in [1.165, 1.54) is 0 Å². The van der Waals surface area contributed by atoms with Crippen LogP contribution in [0.5, 0.6) is 5.75 Å². The predicted molar refractivity (Wildman–Crippen MR) is 102 cm³/mol. The number of hydrogen-bond acceptors (Lipinski definition) is 3. The highest BCUT2D eigenvalue weighted by atomic mass is 35.5. The van der Waals surface area contributed by atoms with Crippen molar-refractivity contribution in [1.82, 2.24) is 14.7 Å². The maximum absolute atomic E-state index is 12.7. The summed E-state index contributed by atoms with van der Waals surface area (Å²) >= 11 is 6.02. The first-order chi connectivity index (χ1) is 12.6. The van der Waals surface area contributed by atoms with Crippen molar-refractivity contribution in [3.05, 3.63) is 77.1 Å². The number of carbonyl (C=O) groups is 1. The molecule has 3 aromatic rings. The van der Waals surface area contributed by atoms with Crippen LogP contribution in [0.4, 0.5) is 0 Å². The summed E-state index contributed by atoms with van der Waals surface area (Å²) in [6, 6.07) is 16.7. The molecule has 0 saturated carbocycles. The fourth-order valence-corrected chi connectivity index (χ4v) is 2.84. The van der Waals surface area contributed by atoms with Crippen LogP contribution in [0, 0.1) is 0 Å². The Kier molecular flexibility index (Phi) is 5.58. The number of nitrogens with zero attached hydrogens (tertiary/aromatic N) is 3. The smallest absolute Gasteiger partial charge is 0.274 e. The minimum atomic E-state index is -0.155. The van der Waals surface area contributed by atoms with E-state index in [0.717, 1.165) is 17.0 Å². The Labute approximate surface area is 157 Å². The Morgan fingerprint density at radius 2 is 2.00 bits per heavy atom. The van der Waals surface area contributed by atoms with E-state index in [9.17, 15) is 4.79 Å². The van der Waals surface area contributed by atoms with Crippen molar-refractivity contribution in [3.8, 4) is 11.4 Å². The van der Waals surface area contributed by atoms with Gasteiger partial charge in [0.2, 0.25) is 0 Å². The molecule has 0 aliphatic heterocycles. The molecule has 3 rings (SSSR count). The van der Waals surface area contributed by atoms with Gasteiger partial charge in [-0.05, 0) is 37.3 Å². The van der Waals surface area contributed by atoms with Gasteiger partial charge in [-0.3, -0.25) is 4.79 Å². The molecule has 0 aliphatic rings. The Bertz CT molecular complexity index is 907. The molecule has 0 unspecified atom stereocenters. The number of aromatic nitrogens is 2. The summed E-state index contributed by atoms with van der Waals surface area (Å²) in [4.78, 5) is 14.3. The number of hydrogen-bond donors (Lipinski definition) is 0. The van der Waals surface area contributed by atoms with Gasteiger partial charge in [0.05, 0.1) is 12.3 Å². The van der Waals surface area contributed by atoms with Crippen LogP contribution in [0.2, 0.25) is 5.02 Å². The lowest BCUT2D eigenvalue weighted by atomic mass is 10.2. The van der Waals surface area contributed by atoms with Crippen LogP contribution in [0.25, 0.3) is 5.69 Å². The Morgan fingerprint density at radius 3 is 2.77 bits per heavy atom. The van der Waals surface area contributed by atoms with Crippen LogP contribution in [0.3, 0.4) is 0 Å². The third-order valence-corrected chi connectivity index (χ3v) is 4.14. The number of para-hydroxylation sites is 1. The fraction of sp³-hybridized carbons (Fsp3) is 0.200. The van der Waals surface area contributed by atoms with Gasteiger partial charge < -0.3 is 9.64 Å². The lowest BCUT2D eigenvalue weighted by Gasteiger charge is -2.18. The molecule has 6 heteroatoms.